The number of nitrogens with zero attached hydrogens (tertiary/aromatic N) is 4. The number of anilines is 1. The molecule has 0 atom stereocenters. The van der Waals surface area contributed by atoms with E-state index in [1.54, 1.807) is 11.0 Å². The molecular formula is C19H30N6O. The zero-order valence-electron chi connectivity index (χ0n) is 16.2. The maximum Gasteiger partial charge on any atom is 0.295 e. The maximum absolute atomic E-state index is 12.3. The van der Waals surface area contributed by atoms with Crippen LogP contribution in [0.25, 0.3) is 0 Å². The number of aryl methyl sites for hydroxylation is 3. The Morgan fingerprint density at radius 1 is 1.15 bits per heavy atom. The second kappa shape index (κ2) is 10.0. The van der Waals surface area contributed by atoms with Crippen molar-refractivity contribution in [3.63, 3.8) is 0 Å². The minimum absolute atomic E-state index is 0.196. The number of hydrogen-bond acceptors (Lipinski definition) is 5. The summed E-state index contributed by atoms with van der Waals surface area (Å²) >= 11 is 0. The van der Waals surface area contributed by atoms with Crippen LogP contribution in [0.5, 0.6) is 0 Å². The number of hydrogen-bond donors (Lipinski definition) is 2. The Morgan fingerprint density at radius 3 is 2.65 bits per heavy atom. The molecule has 1 aromatic carbocycles. The lowest BCUT2D eigenvalue weighted by Crippen LogP contribution is -2.22. The number of carbonyl (C=O) groups excluding carboxylic acids is 1. The lowest BCUT2D eigenvalue weighted by Gasteiger charge is -2.09. The Labute approximate surface area is 155 Å². The van der Waals surface area contributed by atoms with Gasteiger partial charge in [0.2, 0.25) is 5.82 Å². The van der Waals surface area contributed by atoms with Crippen LogP contribution in [0.3, 0.4) is 0 Å². The minimum Gasteiger partial charge on any atom is -0.319 e. The molecule has 0 saturated heterocycles. The number of nitrogens with one attached hydrogen (secondary N) is 2. The molecule has 1 aromatic heterocycles. The Kier molecular flexibility index (Phi) is 7.74. The molecule has 142 valence electrons. The summed E-state index contributed by atoms with van der Waals surface area (Å²) in [5.74, 6) is -0.0871. The van der Waals surface area contributed by atoms with Gasteiger partial charge in [0, 0.05) is 12.2 Å². The van der Waals surface area contributed by atoms with E-state index >= 15 is 0 Å². The molecule has 2 rings (SSSR count). The fourth-order valence-electron chi connectivity index (χ4n) is 2.52. The molecule has 0 bridgehead atoms. The summed E-state index contributed by atoms with van der Waals surface area (Å²) < 4.78 is 1.72. The van der Waals surface area contributed by atoms with Gasteiger partial charge in [-0.2, -0.15) is 0 Å². The van der Waals surface area contributed by atoms with Crippen LogP contribution >= 0.6 is 0 Å². The molecule has 26 heavy (non-hydrogen) atoms. The summed E-state index contributed by atoms with van der Waals surface area (Å²) in [6.07, 6.45) is 3.70. The smallest absolute Gasteiger partial charge is 0.295 e. The molecule has 0 aliphatic carbocycles. The predicted molar refractivity (Wildman–Crippen MR) is 105 cm³/mol. The number of benzene rings is 1. The van der Waals surface area contributed by atoms with Gasteiger partial charge in [0.25, 0.3) is 5.91 Å². The third-order valence-electron chi connectivity index (χ3n) is 4.20. The first-order valence-corrected chi connectivity index (χ1v) is 9.09. The van der Waals surface area contributed by atoms with Crippen molar-refractivity contribution in [2.75, 3.05) is 39.0 Å². The first-order chi connectivity index (χ1) is 12.5. The summed E-state index contributed by atoms with van der Waals surface area (Å²) in [5, 5.41) is 10.5. The van der Waals surface area contributed by atoms with Gasteiger partial charge in [-0.1, -0.05) is 6.07 Å². The summed E-state index contributed by atoms with van der Waals surface area (Å²) in [6.45, 7) is 7.84. The summed E-state index contributed by atoms with van der Waals surface area (Å²) in [6, 6.07) is 5.83. The van der Waals surface area contributed by atoms with E-state index < -0.39 is 0 Å². The van der Waals surface area contributed by atoms with Gasteiger partial charge in [0.05, 0.1) is 0 Å². The van der Waals surface area contributed by atoms with E-state index in [0.29, 0.717) is 0 Å². The van der Waals surface area contributed by atoms with Crippen LogP contribution < -0.4 is 10.6 Å². The van der Waals surface area contributed by atoms with Crippen LogP contribution in [0.4, 0.5) is 5.69 Å². The number of carbonyl (C=O) groups is 1. The Hall–Kier alpha value is -2.25. The zero-order chi connectivity index (χ0) is 18.9. The molecule has 0 aliphatic rings. The second-order valence-corrected chi connectivity index (χ2v) is 6.84. The van der Waals surface area contributed by atoms with Crippen molar-refractivity contribution < 1.29 is 4.79 Å². The van der Waals surface area contributed by atoms with Crippen molar-refractivity contribution in [2.24, 2.45) is 0 Å². The van der Waals surface area contributed by atoms with Gasteiger partial charge in [0.15, 0.2) is 0 Å². The lowest BCUT2D eigenvalue weighted by molar-refractivity contribution is 0.101. The molecule has 0 unspecified atom stereocenters. The first-order valence-electron chi connectivity index (χ1n) is 9.09. The highest BCUT2D eigenvalue weighted by Gasteiger charge is 2.12. The number of amides is 1. The average Bonchev–Trinajstić information content (AvgIpc) is 3.06. The van der Waals surface area contributed by atoms with Gasteiger partial charge < -0.3 is 15.5 Å². The third kappa shape index (κ3) is 6.57. The van der Waals surface area contributed by atoms with E-state index in [2.05, 4.69) is 39.7 Å². The molecule has 0 saturated carbocycles. The summed E-state index contributed by atoms with van der Waals surface area (Å²) in [7, 11) is 4.16. The van der Waals surface area contributed by atoms with Gasteiger partial charge in [-0.3, -0.25) is 9.48 Å². The van der Waals surface area contributed by atoms with E-state index in [1.807, 2.05) is 32.0 Å². The van der Waals surface area contributed by atoms with Crippen LogP contribution in [-0.4, -0.2) is 59.3 Å². The van der Waals surface area contributed by atoms with Crippen molar-refractivity contribution in [1.82, 2.24) is 25.0 Å². The van der Waals surface area contributed by atoms with Gasteiger partial charge >= 0.3 is 0 Å². The highest BCUT2D eigenvalue weighted by molar-refractivity contribution is 6.01. The minimum atomic E-state index is -0.284. The van der Waals surface area contributed by atoms with Crippen LogP contribution in [0, 0.1) is 13.8 Å². The highest BCUT2D eigenvalue weighted by atomic mass is 16.2. The van der Waals surface area contributed by atoms with Crippen molar-refractivity contribution in [3.05, 3.63) is 41.5 Å². The normalized spacial score (nSPS) is 11.1. The van der Waals surface area contributed by atoms with E-state index in [4.69, 9.17) is 0 Å². The molecule has 2 N–H and O–H groups in total. The van der Waals surface area contributed by atoms with Crippen LogP contribution in [0.1, 0.15) is 34.6 Å². The fourth-order valence-corrected chi connectivity index (χ4v) is 2.52. The largest absolute Gasteiger partial charge is 0.319 e. The fraction of sp³-hybridized carbons (Fsp3) is 0.526. The molecule has 1 amide bonds. The predicted octanol–water partition coefficient (Wildman–Crippen LogP) is 2.08. The van der Waals surface area contributed by atoms with Crippen molar-refractivity contribution in [3.8, 4) is 0 Å². The van der Waals surface area contributed by atoms with Gasteiger partial charge in [-0.05, 0) is 83.7 Å². The number of aromatic nitrogens is 3. The second-order valence-electron chi connectivity index (χ2n) is 6.84. The zero-order valence-corrected chi connectivity index (χ0v) is 16.2. The Bertz CT molecular complexity index is 710. The van der Waals surface area contributed by atoms with E-state index in [-0.39, 0.29) is 11.7 Å². The van der Waals surface area contributed by atoms with E-state index in [0.717, 1.165) is 50.3 Å². The standard InChI is InChI=1S/C19H30N6O/c1-15-7-8-17(13-16(15)2)22-19(26)18-21-14-25(23-18)12-6-10-20-9-5-11-24(3)4/h7-8,13-14,20H,5-6,9-12H2,1-4H3,(H,22,26). The van der Waals surface area contributed by atoms with Gasteiger partial charge in [-0.15, -0.1) is 5.10 Å². The molecular weight excluding hydrogens is 328 g/mol. The van der Waals surface area contributed by atoms with E-state index in [9.17, 15) is 4.79 Å². The molecule has 7 nitrogen and oxygen atoms in total. The van der Waals surface area contributed by atoms with Gasteiger partial charge in [0.1, 0.15) is 6.33 Å². The van der Waals surface area contributed by atoms with Crippen molar-refractivity contribution in [1.29, 1.82) is 0 Å². The molecule has 0 aliphatic heterocycles. The lowest BCUT2D eigenvalue weighted by atomic mass is 10.1. The number of rotatable bonds is 10. The van der Waals surface area contributed by atoms with Crippen molar-refractivity contribution >= 4 is 11.6 Å². The monoisotopic (exact) mass is 358 g/mol. The van der Waals surface area contributed by atoms with Crippen LogP contribution in [-0.2, 0) is 6.54 Å². The van der Waals surface area contributed by atoms with Gasteiger partial charge in [-0.25, -0.2) is 4.98 Å². The molecule has 0 spiro atoms. The van der Waals surface area contributed by atoms with Crippen LogP contribution in [0.2, 0.25) is 0 Å². The molecule has 2 aromatic rings. The SMILES string of the molecule is Cc1ccc(NC(=O)c2ncn(CCCNCCCN(C)C)n2)cc1C. The molecule has 7 heteroatoms. The summed E-state index contributed by atoms with van der Waals surface area (Å²) in [4.78, 5) is 18.6. The topological polar surface area (TPSA) is 75.1 Å². The summed E-state index contributed by atoms with van der Waals surface area (Å²) in [5.41, 5.74) is 3.09. The van der Waals surface area contributed by atoms with Crippen LogP contribution in [0.15, 0.2) is 24.5 Å². The van der Waals surface area contributed by atoms with E-state index in [1.165, 1.54) is 5.56 Å². The Morgan fingerprint density at radius 2 is 1.92 bits per heavy atom. The van der Waals surface area contributed by atoms with Crippen molar-refractivity contribution in [2.45, 2.75) is 33.2 Å². The Balaban J connectivity index is 1.72. The molecule has 1 heterocycles. The highest BCUT2D eigenvalue weighted by Crippen LogP contribution is 2.14. The first kappa shape index (κ1) is 20.1. The molecule has 0 fully saturated rings. The quantitative estimate of drug-likeness (QED) is 0.636. The average molecular weight is 358 g/mol. The third-order valence-corrected chi connectivity index (χ3v) is 4.20. The molecule has 0 radical (unpaired) electrons. The maximum atomic E-state index is 12.3.